The van der Waals surface area contributed by atoms with E-state index in [0.29, 0.717) is 0 Å². The summed E-state index contributed by atoms with van der Waals surface area (Å²) in [6, 6.07) is 0. The standard InChI is InChI=1S/C19H32O3/c1-4-5-13-16-19(2,21)17-14-11-9-7-6-8-10-12-15-18(20)22-3/h9,11-12,14-15,17,21H,4-8,10,13,16H2,1-3H3/b11-9-,15-12-,17-14+. The molecule has 0 aromatic heterocycles. The van der Waals surface area contributed by atoms with Gasteiger partial charge in [0.2, 0.25) is 0 Å². The fourth-order valence-corrected chi connectivity index (χ4v) is 2.03. The maximum atomic E-state index is 10.8. The number of rotatable bonds is 12. The van der Waals surface area contributed by atoms with E-state index in [1.807, 2.05) is 31.2 Å². The van der Waals surface area contributed by atoms with Crippen molar-refractivity contribution in [3.05, 3.63) is 36.5 Å². The van der Waals surface area contributed by atoms with E-state index in [1.165, 1.54) is 26.0 Å². The Morgan fingerprint density at radius 2 is 1.77 bits per heavy atom. The van der Waals surface area contributed by atoms with Gasteiger partial charge >= 0.3 is 5.97 Å². The summed E-state index contributed by atoms with van der Waals surface area (Å²) in [6.07, 6.45) is 19.5. The van der Waals surface area contributed by atoms with Crippen LogP contribution in [0.5, 0.6) is 0 Å². The molecule has 0 bridgehead atoms. The van der Waals surface area contributed by atoms with E-state index < -0.39 is 5.60 Å². The highest BCUT2D eigenvalue weighted by Gasteiger charge is 2.14. The zero-order valence-electron chi connectivity index (χ0n) is 14.4. The average Bonchev–Trinajstić information content (AvgIpc) is 2.48. The average molecular weight is 308 g/mol. The Morgan fingerprint density at radius 3 is 2.41 bits per heavy atom. The van der Waals surface area contributed by atoms with Crippen LogP contribution in [0.25, 0.3) is 0 Å². The highest BCUT2D eigenvalue weighted by atomic mass is 16.5. The minimum atomic E-state index is -0.696. The number of ether oxygens (including phenoxy) is 1. The third kappa shape index (κ3) is 13.6. The Morgan fingerprint density at radius 1 is 1.09 bits per heavy atom. The first-order valence-corrected chi connectivity index (χ1v) is 8.33. The first-order valence-electron chi connectivity index (χ1n) is 8.33. The fourth-order valence-electron chi connectivity index (χ4n) is 2.03. The van der Waals surface area contributed by atoms with Gasteiger partial charge in [-0.15, -0.1) is 0 Å². The van der Waals surface area contributed by atoms with Gasteiger partial charge in [0.1, 0.15) is 0 Å². The molecule has 0 aliphatic heterocycles. The Bertz CT molecular complexity index is 365. The summed E-state index contributed by atoms with van der Waals surface area (Å²) >= 11 is 0. The molecule has 0 saturated heterocycles. The second-order valence-corrected chi connectivity index (χ2v) is 5.81. The van der Waals surface area contributed by atoms with E-state index in [0.717, 1.165) is 38.5 Å². The van der Waals surface area contributed by atoms with Crippen molar-refractivity contribution in [2.24, 2.45) is 0 Å². The Kier molecular flexibility index (Phi) is 12.5. The molecule has 0 fully saturated rings. The third-order valence-corrected chi connectivity index (χ3v) is 3.44. The van der Waals surface area contributed by atoms with Gasteiger partial charge in [-0.3, -0.25) is 0 Å². The summed E-state index contributed by atoms with van der Waals surface area (Å²) in [5.41, 5.74) is -0.696. The van der Waals surface area contributed by atoms with E-state index in [1.54, 1.807) is 0 Å². The van der Waals surface area contributed by atoms with Crippen LogP contribution in [0, 0.1) is 0 Å². The predicted molar refractivity (Wildman–Crippen MR) is 92.7 cm³/mol. The number of esters is 1. The van der Waals surface area contributed by atoms with Gasteiger partial charge in [0.05, 0.1) is 12.7 Å². The second-order valence-electron chi connectivity index (χ2n) is 5.81. The molecule has 1 N–H and O–H groups in total. The number of allylic oxidation sites excluding steroid dienone is 4. The lowest BCUT2D eigenvalue weighted by Gasteiger charge is -2.18. The molecule has 126 valence electrons. The van der Waals surface area contributed by atoms with Gasteiger partial charge in [-0.25, -0.2) is 4.79 Å². The van der Waals surface area contributed by atoms with Crippen LogP contribution in [0.3, 0.4) is 0 Å². The highest BCUT2D eigenvalue weighted by molar-refractivity contribution is 5.81. The van der Waals surface area contributed by atoms with Crippen LogP contribution in [-0.2, 0) is 9.53 Å². The van der Waals surface area contributed by atoms with E-state index in [4.69, 9.17) is 0 Å². The molecule has 0 amide bonds. The zero-order valence-corrected chi connectivity index (χ0v) is 14.4. The van der Waals surface area contributed by atoms with Crippen LogP contribution in [0.2, 0.25) is 0 Å². The van der Waals surface area contributed by atoms with Gasteiger partial charge in [-0.05, 0) is 39.0 Å². The lowest BCUT2D eigenvalue weighted by Crippen LogP contribution is -2.20. The van der Waals surface area contributed by atoms with Crippen LogP contribution in [0.1, 0.15) is 65.2 Å². The fraction of sp³-hybridized carbons (Fsp3) is 0.632. The summed E-state index contributed by atoms with van der Waals surface area (Å²) in [6.45, 7) is 4.03. The van der Waals surface area contributed by atoms with Crippen molar-refractivity contribution in [3.8, 4) is 0 Å². The molecule has 0 heterocycles. The molecule has 1 atom stereocenters. The predicted octanol–water partition coefficient (Wildman–Crippen LogP) is 4.72. The Labute approximate surface area is 135 Å². The molecule has 0 radical (unpaired) electrons. The summed E-state index contributed by atoms with van der Waals surface area (Å²) in [7, 11) is 1.38. The molecule has 0 rings (SSSR count). The van der Waals surface area contributed by atoms with Crippen LogP contribution in [-0.4, -0.2) is 23.8 Å². The number of aliphatic hydroxyl groups is 1. The summed E-state index contributed by atoms with van der Waals surface area (Å²) in [5, 5.41) is 10.1. The number of carbonyl (C=O) groups excluding carboxylic acids is 1. The van der Waals surface area contributed by atoms with Crippen LogP contribution in [0.15, 0.2) is 36.5 Å². The lowest BCUT2D eigenvalue weighted by molar-refractivity contribution is -0.134. The monoisotopic (exact) mass is 308 g/mol. The van der Waals surface area contributed by atoms with Crippen molar-refractivity contribution in [1.82, 2.24) is 0 Å². The molecular weight excluding hydrogens is 276 g/mol. The van der Waals surface area contributed by atoms with Crippen molar-refractivity contribution >= 4 is 5.97 Å². The van der Waals surface area contributed by atoms with Gasteiger partial charge in [-0.1, -0.05) is 56.6 Å². The quantitative estimate of drug-likeness (QED) is 0.245. The van der Waals surface area contributed by atoms with Gasteiger partial charge in [0.25, 0.3) is 0 Å². The third-order valence-electron chi connectivity index (χ3n) is 3.44. The van der Waals surface area contributed by atoms with Crippen LogP contribution in [0.4, 0.5) is 0 Å². The van der Waals surface area contributed by atoms with Gasteiger partial charge in [0, 0.05) is 6.08 Å². The minimum Gasteiger partial charge on any atom is -0.466 e. The second kappa shape index (κ2) is 13.3. The van der Waals surface area contributed by atoms with Crippen molar-refractivity contribution < 1.29 is 14.6 Å². The van der Waals surface area contributed by atoms with E-state index in [2.05, 4.69) is 17.7 Å². The molecule has 0 aromatic rings. The lowest BCUT2D eigenvalue weighted by atomic mass is 9.98. The molecule has 3 nitrogen and oxygen atoms in total. The molecular formula is C19H32O3. The maximum absolute atomic E-state index is 10.8. The van der Waals surface area contributed by atoms with E-state index in [-0.39, 0.29) is 5.97 Å². The highest BCUT2D eigenvalue weighted by Crippen LogP contribution is 2.16. The zero-order chi connectivity index (χ0) is 16.7. The first kappa shape index (κ1) is 20.6. The first-order chi connectivity index (χ1) is 10.5. The largest absolute Gasteiger partial charge is 0.466 e. The van der Waals surface area contributed by atoms with Crippen molar-refractivity contribution in [2.75, 3.05) is 7.11 Å². The van der Waals surface area contributed by atoms with Crippen LogP contribution >= 0.6 is 0 Å². The Hall–Kier alpha value is -1.35. The van der Waals surface area contributed by atoms with Gasteiger partial charge in [-0.2, -0.15) is 0 Å². The number of methoxy groups -OCH3 is 1. The normalized spacial score (nSPS) is 14.9. The van der Waals surface area contributed by atoms with Crippen molar-refractivity contribution in [1.29, 1.82) is 0 Å². The van der Waals surface area contributed by atoms with Gasteiger partial charge in [0.15, 0.2) is 0 Å². The van der Waals surface area contributed by atoms with E-state index in [9.17, 15) is 9.90 Å². The molecule has 22 heavy (non-hydrogen) atoms. The summed E-state index contributed by atoms with van der Waals surface area (Å²) in [5.74, 6) is -0.295. The van der Waals surface area contributed by atoms with E-state index >= 15 is 0 Å². The molecule has 1 unspecified atom stereocenters. The number of hydrogen-bond acceptors (Lipinski definition) is 3. The summed E-state index contributed by atoms with van der Waals surface area (Å²) in [4.78, 5) is 10.8. The summed E-state index contributed by atoms with van der Waals surface area (Å²) < 4.78 is 4.52. The smallest absolute Gasteiger partial charge is 0.330 e. The topological polar surface area (TPSA) is 46.5 Å². The molecule has 3 heteroatoms. The number of hydrogen-bond donors (Lipinski definition) is 1. The molecule has 0 aromatic carbocycles. The minimum absolute atomic E-state index is 0.295. The van der Waals surface area contributed by atoms with Crippen LogP contribution < -0.4 is 0 Å². The number of unbranched alkanes of at least 4 members (excludes halogenated alkanes) is 5. The SMILES string of the molecule is CCCCCC(C)(O)/C=C/C=C\CCCC/C=C\C(=O)OC. The molecule has 0 saturated carbocycles. The van der Waals surface area contributed by atoms with Crippen molar-refractivity contribution in [2.45, 2.75) is 70.8 Å². The molecule has 0 aliphatic rings. The maximum Gasteiger partial charge on any atom is 0.330 e. The van der Waals surface area contributed by atoms with Crippen molar-refractivity contribution in [3.63, 3.8) is 0 Å². The molecule has 0 spiro atoms. The molecule has 0 aliphatic carbocycles. The number of carbonyl (C=O) groups is 1. The Balaban J connectivity index is 3.70. The van der Waals surface area contributed by atoms with Gasteiger partial charge < -0.3 is 9.84 Å².